The number of rotatable bonds is 11. The van der Waals surface area contributed by atoms with Crippen molar-refractivity contribution in [3.8, 4) is 0 Å². The lowest BCUT2D eigenvalue weighted by molar-refractivity contribution is -0.145. The van der Waals surface area contributed by atoms with Gasteiger partial charge in [0.15, 0.2) is 16.6 Å². The lowest BCUT2D eigenvalue weighted by atomic mass is 9.96. The maximum absolute atomic E-state index is 11.5. The minimum absolute atomic E-state index is 0.0135. The molecule has 0 radical (unpaired) electrons. The predicted octanol–water partition coefficient (Wildman–Crippen LogP) is 3.12. The summed E-state index contributed by atoms with van der Waals surface area (Å²) >= 11 is 0. The molecule has 0 saturated carbocycles. The highest BCUT2D eigenvalue weighted by Gasteiger charge is 2.30. The quantitative estimate of drug-likeness (QED) is 0.330. The Balaban J connectivity index is 4.79. The van der Waals surface area contributed by atoms with Crippen molar-refractivity contribution < 1.29 is 27.7 Å². The molecule has 0 spiro atoms. The monoisotopic (exact) mass is 392 g/mol. The number of carbonyl (C=O) groups is 2. The summed E-state index contributed by atoms with van der Waals surface area (Å²) < 4.78 is 17.0. The zero-order chi connectivity index (χ0) is 19.1. The predicted molar refractivity (Wildman–Crippen MR) is 102 cm³/mol. The highest BCUT2D eigenvalue weighted by Crippen LogP contribution is 2.22. The number of hydrogen-bond acceptors (Lipinski definition) is 5. The van der Waals surface area contributed by atoms with Crippen LogP contribution in [0.4, 0.5) is 0 Å². The van der Waals surface area contributed by atoms with Gasteiger partial charge in [-0.3, -0.25) is 4.79 Å². The van der Waals surface area contributed by atoms with Crippen LogP contribution in [0.15, 0.2) is 12.2 Å². The molecule has 0 aromatic rings. The molecule has 9 heteroatoms. The van der Waals surface area contributed by atoms with Crippen LogP contribution in [0, 0.1) is 5.92 Å². The van der Waals surface area contributed by atoms with Crippen molar-refractivity contribution in [1.82, 2.24) is 0 Å². The van der Waals surface area contributed by atoms with Gasteiger partial charge in [-0.25, -0.2) is 4.79 Å². The number of ether oxygens (including phenoxy) is 1. The number of aliphatic carboxylic acids is 1. The summed E-state index contributed by atoms with van der Waals surface area (Å²) in [5.41, 5.74) is -0.0135. The highest BCUT2D eigenvalue weighted by atomic mass is 28.4. The van der Waals surface area contributed by atoms with Crippen molar-refractivity contribution in [2.24, 2.45) is 5.92 Å². The van der Waals surface area contributed by atoms with Crippen LogP contribution in [0.1, 0.15) is 12.8 Å². The Kier molecular flexibility index (Phi) is 9.36. The van der Waals surface area contributed by atoms with E-state index in [1.54, 1.807) is 0 Å². The molecule has 0 aliphatic heterocycles. The molecule has 0 rings (SSSR count). The Bertz CT molecular complexity index is 437. The van der Waals surface area contributed by atoms with Crippen LogP contribution in [0.3, 0.4) is 0 Å². The average Bonchev–Trinajstić information content (AvgIpc) is 2.37. The lowest BCUT2D eigenvalue weighted by Gasteiger charge is -2.30. The summed E-state index contributed by atoms with van der Waals surface area (Å²) in [7, 11) is -4.06. The number of carbonyl (C=O) groups excluding carboxylic acids is 1. The minimum atomic E-state index is -1.85. The molecule has 1 atom stereocenters. The second kappa shape index (κ2) is 9.66. The molecule has 0 bridgehead atoms. The number of esters is 1. The minimum Gasteiger partial charge on any atom is -0.481 e. The van der Waals surface area contributed by atoms with E-state index in [1.807, 2.05) is 0 Å². The van der Waals surface area contributed by atoms with Gasteiger partial charge in [0.25, 0.3) is 0 Å². The first-order valence-electron chi connectivity index (χ1n) is 8.12. The van der Waals surface area contributed by atoms with Crippen LogP contribution < -0.4 is 0 Å². The molecule has 0 aliphatic rings. The fraction of sp³-hybridized carbons (Fsp3) is 0.733. The molecule has 0 amide bonds. The summed E-state index contributed by atoms with van der Waals surface area (Å²) in [6, 6.07) is 0.729. The third-order valence-electron chi connectivity index (χ3n) is 3.07. The van der Waals surface area contributed by atoms with Crippen LogP contribution in [0.25, 0.3) is 0 Å². The van der Waals surface area contributed by atoms with Crippen molar-refractivity contribution >= 4 is 37.9 Å². The van der Waals surface area contributed by atoms with E-state index in [0.29, 0.717) is 12.8 Å². The molecule has 0 aliphatic carbocycles. The van der Waals surface area contributed by atoms with Crippen LogP contribution in [-0.4, -0.2) is 50.1 Å². The molecule has 1 unspecified atom stereocenters. The summed E-state index contributed by atoms with van der Waals surface area (Å²) in [6.45, 7) is 16.3. The van der Waals surface area contributed by atoms with Gasteiger partial charge in [-0.1, -0.05) is 13.0 Å². The van der Waals surface area contributed by atoms with Crippen molar-refractivity contribution in [3.63, 3.8) is 0 Å². The van der Waals surface area contributed by atoms with Gasteiger partial charge in [0.05, 0.1) is 13.0 Å². The van der Waals surface area contributed by atoms with Crippen molar-refractivity contribution in [1.29, 1.82) is 0 Å². The lowest BCUT2D eigenvalue weighted by Crippen LogP contribution is -2.43. The fourth-order valence-corrected chi connectivity index (χ4v) is 10.6. The van der Waals surface area contributed by atoms with Gasteiger partial charge in [-0.15, -0.1) is 0 Å². The second-order valence-electron chi connectivity index (χ2n) is 7.73. The summed E-state index contributed by atoms with van der Waals surface area (Å²) in [5, 5.41) is 9.32. The number of carboxylic acid groups (broad SMARTS) is 1. The van der Waals surface area contributed by atoms with E-state index in [-0.39, 0.29) is 5.57 Å². The third-order valence-corrected chi connectivity index (χ3v) is 11.7. The van der Waals surface area contributed by atoms with Gasteiger partial charge in [-0.05, 0) is 51.7 Å². The van der Waals surface area contributed by atoms with Crippen LogP contribution in [0.5, 0.6) is 0 Å². The van der Waals surface area contributed by atoms with Gasteiger partial charge >= 0.3 is 21.2 Å². The molecular weight excluding hydrogens is 360 g/mol. The molecular formula is C15H32O6Si3. The third kappa shape index (κ3) is 10.2. The zero-order valence-electron chi connectivity index (χ0n) is 16.0. The van der Waals surface area contributed by atoms with Gasteiger partial charge in [0.1, 0.15) is 0 Å². The van der Waals surface area contributed by atoms with E-state index >= 15 is 0 Å². The average molecular weight is 393 g/mol. The number of carboxylic acids is 1. The van der Waals surface area contributed by atoms with E-state index in [0.717, 1.165) is 6.04 Å². The number of hydrogen-bond donors (Lipinski definition) is 1. The van der Waals surface area contributed by atoms with Crippen LogP contribution in [-0.2, 0) is 22.6 Å². The van der Waals surface area contributed by atoms with Gasteiger partial charge in [0.2, 0.25) is 0 Å². The SMILES string of the molecule is C=C(C(=O)OC)C(CCC[SiH](O[Si](C)(C)C)O[Si](C)(C)C)C(=O)O. The van der Waals surface area contributed by atoms with Crippen molar-refractivity contribution in [3.05, 3.63) is 12.2 Å². The normalized spacial score (nSPS) is 13.7. The smallest absolute Gasteiger partial charge is 0.334 e. The molecule has 0 heterocycles. The maximum atomic E-state index is 11.5. The van der Waals surface area contributed by atoms with Gasteiger partial charge in [-0.2, -0.15) is 0 Å². The topological polar surface area (TPSA) is 82.1 Å². The maximum Gasteiger partial charge on any atom is 0.334 e. The molecule has 1 N–H and O–H groups in total. The molecule has 6 nitrogen and oxygen atoms in total. The zero-order valence-corrected chi connectivity index (χ0v) is 19.1. The van der Waals surface area contributed by atoms with Crippen molar-refractivity contribution in [2.75, 3.05) is 7.11 Å². The van der Waals surface area contributed by atoms with Crippen LogP contribution >= 0.6 is 0 Å². The first kappa shape index (κ1) is 23.3. The Hall–Kier alpha value is -0.749. The molecule has 0 aromatic heterocycles. The first-order valence-corrected chi connectivity index (χ1v) is 16.7. The molecule has 0 saturated heterocycles. The molecule has 0 fully saturated rings. The Morgan fingerprint density at radius 2 is 1.54 bits per heavy atom. The molecule has 140 valence electrons. The van der Waals surface area contributed by atoms with E-state index in [2.05, 4.69) is 50.6 Å². The molecule has 24 heavy (non-hydrogen) atoms. The fourth-order valence-electron chi connectivity index (χ4n) is 2.14. The van der Waals surface area contributed by atoms with Crippen LogP contribution in [0.2, 0.25) is 45.3 Å². The summed E-state index contributed by atoms with van der Waals surface area (Å²) in [6.07, 6.45) is 0.954. The standard InChI is InChI=1S/C15H32O6Si3/c1-12(15(18)19-2)13(14(16)17)10-9-11-22(20-23(3,4)5)21-24(6,7)8/h13,22H,1,9-11H2,2-8H3,(H,16,17). The van der Waals surface area contributed by atoms with E-state index in [9.17, 15) is 14.7 Å². The van der Waals surface area contributed by atoms with E-state index < -0.39 is 43.8 Å². The van der Waals surface area contributed by atoms with Gasteiger partial charge < -0.3 is 18.1 Å². The molecule has 0 aromatic carbocycles. The highest BCUT2D eigenvalue weighted by molar-refractivity contribution is 6.81. The first-order chi connectivity index (χ1) is 10.8. The summed E-state index contributed by atoms with van der Waals surface area (Å²) in [5.74, 6) is -2.65. The Morgan fingerprint density at radius 1 is 1.08 bits per heavy atom. The number of methoxy groups -OCH3 is 1. The van der Waals surface area contributed by atoms with E-state index in [1.165, 1.54) is 7.11 Å². The Labute approximate surface area is 149 Å². The van der Waals surface area contributed by atoms with Crippen molar-refractivity contribution in [2.45, 2.75) is 58.2 Å². The Morgan fingerprint density at radius 3 is 1.88 bits per heavy atom. The summed E-state index contributed by atoms with van der Waals surface area (Å²) in [4.78, 5) is 22.9. The largest absolute Gasteiger partial charge is 0.481 e. The van der Waals surface area contributed by atoms with Gasteiger partial charge in [0, 0.05) is 5.57 Å². The second-order valence-corrected chi connectivity index (χ2v) is 19.5. The van der Waals surface area contributed by atoms with E-state index in [4.69, 9.17) is 8.23 Å².